The minimum Gasteiger partial charge on any atom is -0.444 e. The van der Waals surface area contributed by atoms with Crippen LogP contribution >= 0.6 is 11.6 Å². The lowest BCUT2D eigenvalue weighted by Gasteiger charge is -2.15. The number of halogens is 1. The summed E-state index contributed by atoms with van der Waals surface area (Å²) in [6, 6.07) is 20.3. The Balaban J connectivity index is 0.000000391. The van der Waals surface area contributed by atoms with E-state index in [2.05, 4.69) is 10.3 Å². The number of benzene rings is 2. The van der Waals surface area contributed by atoms with Crippen molar-refractivity contribution >= 4 is 29.3 Å². The van der Waals surface area contributed by atoms with Gasteiger partial charge in [-0.05, 0) is 53.9 Å². The fraction of sp³-hybridized carbons (Fsp3) is 0.208. The molecule has 4 rings (SSSR count). The van der Waals surface area contributed by atoms with Crippen molar-refractivity contribution in [3.05, 3.63) is 95.3 Å². The number of nitrogens with zero attached hydrogens (tertiary/aromatic N) is 2. The van der Waals surface area contributed by atoms with Crippen LogP contribution in [0.3, 0.4) is 0 Å². The van der Waals surface area contributed by atoms with E-state index < -0.39 is 6.09 Å². The van der Waals surface area contributed by atoms with E-state index in [0.717, 1.165) is 24.1 Å². The summed E-state index contributed by atoms with van der Waals surface area (Å²) in [5.74, 6) is 0.202. The van der Waals surface area contributed by atoms with Crippen molar-refractivity contribution in [1.29, 1.82) is 0 Å². The van der Waals surface area contributed by atoms with Crippen LogP contribution in [0.4, 0.5) is 10.5 Å². The molecule has 6 nitrogen and oxygen atoms in total. The van der Waals surface area contributed by atoms with Crippen molar-refractivity contribution < 1.29 is 14.3 Å². The van der Waals surface area contributed by atoms with Crippen molar-refractivity contribution in [2.75, 3.05) is 11.9 Å². The summed E-state index contributed by atoms with van der Waals surface area (Å²) in [6.07, 6.45) is 4.55. The van der Waals surface area contributed by atoms with E-state index in [1.54, 1.807) is 36.7 Å². The molecule has 2 heterocycles. The van der Waals surface area contributed by atoms with Gasteiger partial charge in [-0.3, -0.25) is 15.1 Å². The monoisotopic (exact) mass is 437 g/mol. The molecule has 1 N–H and O–H groups in total. The normalized spacial score (nSPS) is 12.7. The Morgan fingerprint density at radius 1 is 1.00 bits per heavy atom. The molecular weight excluding hydrogens is 414 g/mol. The number of rotatable bonds is 5. The van der Waals surface area contributed by atoms with Gasteiger partial charge in [0.1, 0.15) is 6.61 Å². The van der Waals surface area contributed by atoms with Gasteiger partial charge in [-0.2, -0.15) is 0 Å². The molecule has 0 saturated carbocycles. The van der Waals surface area contributed by atoms with Crippen LogP contribution in [0.15, 0.2) is 79.1 Å². The van der Waals surface area contributed by atoms with Crippen molar-refractivity contribution in [2.45, 2.75) is 26.0 Å². The van der Waals surface area contributed by atoms with Crippen LogP contribution in [0.2, 0.25) is 5.02 Å². The number of carbonyl (C=O) groups is 2. The van der Waals surface area contributed by atoms with Gasteiger partial charge in [0.2, 0.25) is 5.91 Å². The van der Waals surface area contributed by atoms with Gasteiger partial charge in [0.25, 0.3) is 0 Å². The number of nitrogens with one attached hydrogen (secondary N) is 1. The first-order valence-electron chi connectivity index (χ1n) is 10.00. The molecular formula is C24H24ClN3O3. The summed E-state index contributed by atoms with van der Waals surface area (Å²) in [4.78, 5) is 29.1. The molecule has 0 atom stereocenters. The second kappa shape index (κ2) is 11.7. The smallest absolute Gasteiger partial charge is 0.411 e. The highest BCUT2D eigenvalue weighted by Gasteiger charge is 2.19. The summed E-state index contributed by atoms with van der Waals surface area (Å²) in [7, 11) is 0. The second-order valence-electron chi connectivity index (χ2n) is 6.97. The zero-order valence-electron chi connectivity index (χ0n) is 17.0. The molecule has 2 amide bonds. The minimum atomic E-state index is -0.516. The van der Waals surface area contributed by atoms with Crippen LogP contribution in [-0.2, 0) is 22.7 Å². The van der Waals surface area contributed by atoms with E-state index in [4.69, 9.17) is 16.3 Å². The maximum atomic E-state index is 11.8. The Bertz CT molecular complexity index is 937. The highest BCUT2D eigenvalue weighted by molar-refractivity contribution is 6.30. The molecule has 1 saturated heterocycles. The lowest BCUT2D eigenvalue weighted by atomic mass is 10.2. The van der Waals surface area contributed by atoms with E-state index in [9.17, 15) is 9.59 Å². The summed E-state index contributed by atoms with van der Waals surface area (Å²) >= 11 is 5.81. The molecule has 3 aromatic rings. The zero-order chi connectivity index (χ0) is 21.9. The van der Waals surface area contributed by atoms with Gasteiger partial charge in [0, 0.05) is 42.6 Å². The van der Waals surface area contributed by atoms with Crippen LogP contribution in [0.5, 0.6) is 0 Å². The number of ether oxygens (including phenoxy) is 1. The average molecular weight is 438 g/mol. The third-order valence-electron chi connectivity index (χ3n) is 4.59. The molecule has 2 aromatic carbocycles. The van der Waals surface area contributed by atoms with Crippen molar-refractivity contribution in [1.82, 2.24) is 9.88 Å². The van der Waals surface area contributed by atoms with E-state index in [1.165, 1.54) is 0 Å². The van der Waals surface area contributed by atoms with Gasteiger partial charge in [0.15, 0.2) is 0 Å². The molecule has 31 heavy (non-hydrogen) atoms. The molecule has 160 valence electrons. The number of carbonyl (C=O) groups excluding carboxylic acids is 2. The van der Waals surface area contributed by atoms with E-state index in [0.29, 0.717) is 23.7 Å². The largest absolute Gasteiger partial charge is 0.444 e. The Morgan fingerprint density at radius 2 is 1.68 bits per heavy atom. The maximum absolute atomic E-state index is 11.8. The predicted molar refractivity (Wildman–Crippen MR) is 121 cm³/mol. The highest BCUT2D eigenvalue weighted by atomic mass is 35.5. The Labute approximate surface area is 186 Å². The standard InChI is InChI=1S/C19H19ClN2O3.C5H5N/c20-16-7-3-15(4-8-16)13-25-19(24)21-17-9-5-14(6-10-17)12-22-11-1-2-18(22)23;1-2-4-6-5-3-1/h3-10H,1-2,11-13H2,(H,21,24);1-5H. The Kier molecular flexibility index (Phi) is 8.43. The summed E-state index contributed by atoms with van der Waals surface area (Å²) < 4.78 is 5.18. The molecule has 7 heteroatoms. The number of aromatic nitrogens is 1. The lowest BCUT2D eigenvalue weighted by molar-refractivity contribution is -0.128. The van der Waals surface area contributed by atoms with Gasteiger partial charge in [-0.15, -0.1) is 0 Å². The van der Waals surface area contributed by atoms with Crippen LogP contribution in [-0.4, -0.2) is 28.4 Å². The maximum Gasteiger partial charge on any atom is 0.411 e. The van der Waals surface area contributed by atoms with Crippen LogP contribution < -0.4 is 5.32 Å². The number of likely N-dealkylation sites (tertiary alicyclic amines) is 1. The molecule has 1 fully saturated rings. The highest BCUT2D eigenvalue weighted by Crippen LogP contribution is 2.16. The lowest BCUT2D eigenvalue weighted by Crippen LogP contribution is -2.23. The van der Waals surface area contributed by atoms with Crippen molar-refractivity contribution in [2.24, 2.45) is 0 Å². The third kappa shape index (κ3) is 7.75. The van der Waals surface area contributed by atoms with E-state index in [1.807, 2.05) is 47.4 Å². The first-order chi connectivity index (χ1) is 15.1. The average Bonchev–Trinajstić information content (AvgIpc) is 3.20. The second-order valence-corrected chi connectivity index (χ2v) is 7.40. The van der Waals surface area contributed by atoms with Crippen LogP contribution in [0, 0.1) is 0 Å². The fourth-order valence-electron chi connectivity index (χ4n) is 2.98. The Morgan fingerprint density at radius 3 is 2.23 bits per heavy atom. The number of hydrogen-bond acceptors (Lipinski definition) is 4. The molecule has 0 bridgehead atoms. The van der Waals surface area contributed by atoms with Crippen molar-refractivity contribution in [3.63, 3.8) is 0 Å². The zero-order valence-corrected chi connectivity index (χ0v) is 17.8. The molecule has 0 radical (unpaired) electrons. The fourth-order valence-corrected chi connectivity index (χ4v) is 3.11. The number of anilines is 1. The number of pyridine rings is 1. The SMILES string of the molecule is O=C(Nc1ccc(CN2CCCC2=O)cc1)OCc1ccc(Cl)cc1.c1ccncc1. The summed E-state index contributed by atoms with van der Waals surface area (Å²) in [5, 5.41) is 3.33. The van der Waals surface area contributed by atoms with Crippen LogP contribution in [0.25, 0.3) is 0 Å². The van der Waals surface area contributed by atoms with Gasteiger partial charge in [-0.1, -0.05) is 41.9 Å². The van der Waals surface area contributed by atoms with E-state index >= 15 is 0 Å². The number of hydrogen-bond donors (Lipinski definition) is 1. The van der Waals surface area contributed by atoms with Gasteiger partial charge in [0.05, 0.1) is 0 Å². The molecule has 1 aromatic heterocycles. The first-order valence-corrected chi connectivity index (χ1v) is 10.4. The molecule has 0 unspecified atom stereocenters. The van der Waals surface area contributed by atoms with Gasteiger partial charge >= 0.3 is 6.09 Å². The molecule has 0 aliphatic carbocycles. The first kappa shape index (κ1) is 22.3. The Hall–Kier alpha value is -3.38. The topological polar surface area (TPSA) is 71.5 Å². The van der Waals surface area contributed by atoms with Crippen molar-refractivity contribution in [3.8, 4) is 0 Å². The van der Waals surface area contributed by atoms with Crippen LogP contribution in [0.1, 0.15) is 24.0 Å². The molecule has 0 spiro atoms. The number of amides is 2. The van der Waals surface area contributed by atoms with E-state index in [-0.39, 0.29) is 12.5 Å². The predicted octanol–water partition coefficient (Wildman–Crippen LogP) is 5.29. The molecule has 1 aliphatic rings. The molecule has 1 aliphatic heterocycles. The summed E-state index contributed by atoms with van der Waals surface area (Å²) in [5.41, 5.74) is 2.55. The quantitative estimate of drug-likeness (QED) is 0.588. The minimum absolute atomic E-state index is 0.179. The van der Waals surface area contributed by atoms with Gasteiger partial charge in [-0.25, -0.2) is 4.79 Å². The third-order valence-corrected chi connectivity index (χ3v) is 4.85. The summed E-state index contributed by atoms with van der Waals surface area (Å²) in [6.45, 7) is 1.61. The van der Waals surface area contributed by atoms with Gasteiger partial charge < -0.3 is 9.64 Å².